The summed E-state index contributed by atoms with van der Waals surface area (Å²) in [6, 6.07) is 0. The van der Waals surface area contributed by atoms with E-state index in [0.29, 0.717) is 19.3 Å². The second kappa shape index (κ2) is 58.5. The topological polar surface area (TPSA) is 78.9 Å². The number of carbonyl (C=O) groups is 3. The Hall–Kier alpha value is -2.11. The van der Waals surface area contributed by atoms with Crippen molar-refractivity contribution in [2.45, 2.75) is 348 Å². The van der Waals surface area contributed by atoms with Crippen molar-refractivity contribution < 1.29 is 28.6 Å². The van der Waals surface area contributed by atoms with Crippen LogP contribution in [0.3, 0.4) is 0 Å². The summed E-state index contributed by atoms with van der Waals surface area (Å²) in [6.45, 7) is 6.68. The van der Waals surface area contributed by atoms with E-state index >= 15 is 0 Å². The third-order valence-electron chi connectivity index (χ3n) is 13.9. The molecule has 0 aromatic heterocycles. The zero-order valence-electron chi connectivity index (χ0n) is 46.6. The second-order valence-corrected chi connectivity index (χ2v) is 21.0. The number of esters is 3. The molecule has 0 radical (unpaired) electrons. The van der Waals surface area contributed by atoms with E-state index < -0.39 is 6.10 Å². The van der Waals surface area contributed by atoms with Gasteiger partial charge in [-0.2, -0.15) is 0 Å². The molecule has 0 heterocycles. The molecule has 0 rings (SSSR count). The first kappa shape index (κ1) is 66.9. The van der Waals surface area contributed by atoms with E-state index in [1.165, 1.54) is 244 Å². The van der Waals surface area contributed by atoms with Crippen molar-refractivity contribution in [3.63, 3.8) is 0 Å². The Bertz CT molecular complexity index is 1110. The van der Waals surface area contributed by atoms with Gasteiger partial charge in [0.25, 0.3) is 0 Å². The Labute approximate surface area is 430 Å². The Morgan fingerprint density at radius 1 is 0.275 bits per heavy atom. The van der Waals surface area contributed by atoms with Gasteiger partial charge in [0.05, 0.1) is 0 Å². The van der Waals surface area contributed by atoms with Gasteiger partial charge >= 0.3 is 17.9 Å². The molecule has 0 aliphatic carbocycles. The van der Waals surface area contributed by atoms with Crippen molar-refractivity contribution >= 4 is 17.9 Å². The van der Waals surface area contributed by atoms with Crippen LogP contribution in [0.5, 0.6) is 0 Å². The third-order valence-corrected chi connectivity index (χ3v) is 13.9. The average Bonchev–Trinajstić information content (AvgIpc) is 3.35. The van der Waals surface area contributed by atoms with Crippen LogP contribution < -0.4 is 0 Å². The first-order valence-corrected chi connectivity index (χ1v) is 30.8. The summed E-state index contributed by atoms with van der Waals surface area (Å²) in [5.74, 6) is -0.855. The van der Waals surface area contributed by atoms with Gasteiger partial charge in [-0.15, -0.1) is 0 Å². The lowest BCUT2D eigenvalue weighted by Crippen LogP contribution is -2.30. The Kier molecular flexibility index (Phi) is 56.7. The van der Waals surface area contributed by atoms with Gasteiger partial charge in [-0.25, -0.2) is 0 Å². The number of hydrogen-bond donors (Lipinski definition) is 0. The van der Waals surface area contributed by atoms with Gasteiger partial charge in [0.15, 0.2) is 6.10 Å². The number of hydrogen-bond acceptors (Lipinski definition) is 6. The highest BCUT2D eigenvalue weighted by molar-refractivity contribution is 5.71. The Morgan fingerprint density at radius 3 is 0.739 bits per heavy atom. The zero-order chi connectivity index (χ0) is 50.0. The summed E-state index contributed by atoms with van der Waals surface area (Å²) >= 11 is 0. The van der Waals surface area contributed by atoms with Gasteiger partial charge in [-0.3, -0.25) is 14.4 Å². The van der Waals surface area contributed by atoms with Crippen molar-refractivity contribution in [2.75, 3.05) is 13.2 Å². The average molecular weight is 972 g/mol. The van der Waals surface area contributed by atoms with E-state index in [1.54, 1.807) is 0 Å². The highest BCUT2D eigenvalue weighted by atomic mass is 16.6. The molecule has 0 saturated carbocycles. The van der Waals surface area contributed by atoms with Gasteiger partial charge in [0.1, 0.15) is 13.2 Å². The monoisotopic (exact) mass is 971 g/mol. The molecule has 1 unspecified atom stereocenters. The SMILES string of the molecule is CCCCCC/C=C\CCCCCCCCCC(=O)OCC(COC(=O)CCCCCCCCCCCCCCCCCCCCC)OC(=O)CCCCCCCCC/C=C\CCCCCCCC. The molecule has 0 spiro atoms. The summed E-state index contributed by atoms with van der Waals surface area (Å²) in [5, 5.41) is 0. The fourth-order valence-corrected chi connectivity index (χ4v) is 9.26. The molecular weight excluding hydrogens is 853 g/mol. The molecule has 69 heavy (non-hydrogen) atoms. The van der Waals surface area contributed by atoms with Crippen LogP contribution in [0.15, 0.2) is 24.3 Å². The van der Waals surface area contributed by atoms with E-state index in [0.717, 1.165) is 57.8 Å². The molecule has 0 aliphatic rings. The summed E-state index contributed by atoms with van der Waals surface area (Å²) in [5.41, 5.74) is 0. The first-order valence-electron chi connectivity index (χ1n) is 30.8. The van der Waals surface area contributed by atoms with Gasteiger partial charge < -0.3 is 14.2 Å². The van der Waals surface area contributed by atoms with E-state index in [1.807, 2.05) is 0 Å². The molecular formula is C63H118O6. The van der Waals surface area contributed by atoms with Crippen LogP contribution in [0, 0.1) is 0 Å². The van der Waals surface area contributed by atoms with Crippen LogP contribution in [-0.2, 0) is 28.6 Å². The highest BCUT2D eigenvalue weighted by Gasteiger charge is 2.19. The minimum atomic E-state index is -0.772. The lowest BCUT2D eigenvalue weighted by atomic mass is 10.0. The number of carbonyl (C=O) groups excluding carboxylic acids is 3. The minimum absolute atomic E-state index is 0.0695. The van der Waals surface area contributed by atoms with E-state index in [4.69, 9.17) is 14.2 Å². The zero-order valence-corrected chi connectivity index (χ0v) is 46.6. The van der Waals surface area contributed by atoms with E-state index in [-0.39, 0.29) is 31.1 Å². The Balaban J connectivity index is 4.32. The standard InChI is InChI=1S/C63H118O6/c1-4-7-10-13-16-19-22-25-28-30-31-33-35-38-41-44-47-50-53-56-62(65)68-59-60(58-67-61(64)55-52-49-46-43-40-37-34-27-24-21-18-15-12-9-6-3)69-63(66)57-54-51-48-45-42-39-36-32-29-26-23-20-17-14-11-8-5-2/h21,24,26,29,60H,4-20,22-23,25,27-28,30-59H2,1-3H3/b24-21-,29-26-. The predicted molar refractivity (Wildman–Crippen MR) is 298 cm³/mol. The summed E-state index contributed by atoms with van der Waals surface area (Å²) in [6.07, 6.45) is 68.9. The largest absolute Gasteiger partial charge is 0.462 e. The normalized spacial score (nSPS) is 12.1. The maximum absolute atomic E-state index is 12.9. The first-order chi connectivity index (χ1) is 34.0. The van der Waals surface area contributed by atoms with Crippen molar-refractivity contribution in [3.05, 3.63) is 24.3 Å². The van der Waals surface area contributed by atoms with Crippen molar-refractivity contribution in [3.8, 4) is 0 Å². The molecule has 0 amide bonds. The lowest BCUT2D eigenvalue weighted by molar-refractivity contribution is -0.167. The van der Waals surface area contributed by atoms with Gasteiger partial charge in [-0.05, 0) is 70.6 Å². The second-order valence-electron chi connectivity index (χ2n) is 21.0. The molecule has 0 aromatic carbocycles. The molecule has 1 atom stereocenters. The van der Waals surface area contributed by atoms with Gasteiger partial charge in [0, 0.05) is 19.3 Å². The summed E-state index contributed by atoms with van der Waals surface area (Å²) in [4.78, 5) is 38.2. The van der Waals surface area contributed by atoms with Crippen molar-refractivity contribution in [1.29, 1.82) is 0 Å². The van der Waals surface area contributed by atoms with Crippen LogP contribution in [0.2, 0.25) is 0 Å². The highest BCUT2D eigenvalue weighted by Crippen LogP contribution is 2.17. The molecule has 6 heteroatoms. The number of allylic oxidation sites excluding steroid dienone is 4. The summed E-state index contributed by atoms with van der Waals surface area (Å²) < 4.78 is 16.9. The number of rotatable bonds is 57. The maximum atomic E-state index is 12.9. The molecule has 0 fully saturated rings. The third kappa shape index (κ3) is 56.7. The fraction of sp³-hybridized carbons (Fsp3) is 0.889. The van der Waals surface area contributed by atoms with Crippen LogP contribution >= 0.6 is 0 Å². The van der Waals surface area contributed by atoms with Gasteiger partial charge in [-0.1, -0.05) is 276 Å². The number of unbranched alkanes of at least 4 members (excludes halogenated alkanes) is 42. The van der Waals surface area contributed by atoms with Crippen LogP contribution in [-0.4, -0.2) is 37.2 Å². The minimum Gasteiger partial charge on any atom is -0.462 e. The molecule has 0 saturated heterocycles. The summed E-state index contributed by atoms with van der Waals surface area (Å²) in [7, 11) is 0. The van der Waals surface area contributed by atoms with Crippen molar-refractivity contribution in [1.82, 2.24) is 0 Å². The molecule has 0 N–H and O–H groups in total. The van der Waals surface area contributed by atoms with Gasteiger partial charge in [0.2, 0.25) is 0 Å². The van der Waals surface area contributed by atoms with E-state index in [2.05, 4.69) is 45.1 Å². The van der Waals surface area contributed by atoms with E-state index in [9.17, 15) is 14.4 Å². The van der Waals surface area contributed by atoms with Crippen LogP contribution in [0.4, 0.5) is 0 Å². The smallest absolute Gasteiger partial charge is 0.306 e. The molecule has 406 valence electrons. The molecule has 0 aromatic rings. The molecule has 6 nitrogen and oxygen atoms in total. The quantitative estimate of drug-likeness (QED) is 0.0261. The van der Waals surface area contributed by atoms with Crippen LogP contribution in [0.25, 0.3) is 0 Å². The fourth-order valence-electron chi connectivity index (χ4n) is 9.26. The van der Waals surface area contributed by atoms with Crippen molar-refractivity contribution in [2.24, 2.45) is 0 Å². The molecule has 0 bridgehead atoms. The van der Waals surface area contributed by atoms with Crippen LogP contribution in [0.1, 0.15) is 342 Å². The predicted octanol–water partition coefficient (Wildman–Crippen LogP) is 20.7. The lowest BCUT2D eigenvalue weighted by Gasteiger charge is -2.18. The molecule has 0 aliphatic heterocycles. The maximum Gasteiger partial charge on any atom is 0.306 e. The number of ether oxygens (including phenoxy) is 3. The Morgan fingerprint density at radius 2 is 0.478 bits per heavy atom.